The number of amides is 1. The Morgan fingerprint density at radius 3 is 2.44 bits per heavy atom. The highest BCUT2D eigenvalue weighted by atomic mass is 16.5. The van der Waals surface area contributed by atoms with E-state index in [1.54, 1.807) is 0 Å². The average Bonchev–Trinajstić information content (AvgIpc) is 3.40. The summed E-state index contributed by atoms with van der Waals surface area (Å²) in [5.74, 6) is 1.79. The van der Waals surface area contributed by atoms with Gasteiger partial charge in [-0.15, -0.1) is 0 Å². The van der Waals surface area contributed by atoms with Crippen molar-refractivity contribution < 1.29 is 9.53 Å². The molecule has 2 aliphatic rings. The van der Waals surface area contributed by atoms with Gasteiger partial charge in [-0.1, -0.05) is 32.9 Å². The van der Waals surface area contributed by atoms with Gasteiger partial charge in [-0.05, 0) is 54.8 Å². The smallest absolute Gasteiger partial charge is 0.260 e. The summed E-state index contributed by atoms with van der Waals surface area (Å²) in [6.45, 7) is 11.7. The zero-order valence-electron chi connectivity index (χ0n) is 16.0. The van der Waals surface area contributed by atoms with E-state index >= 15 is 0 Å². The number of carbonyl (C=O) groups is 1. The molecular weight excluding hydrogens is 312 g/mol. The van der Waals surface area contributed by atoms with Gasteiger partial charge in [-0.25, -0.2) is 0 Å². The van der Waals surface area contributed by atoms with Crippen LogP contribution in [-0.4, -0.2) is 55.0 Å². The van der Waals surface area contributed by atoms with Gasteiger partial charge >= 0.3 is 0 Å². The molecule has 3 rings (SSSR count). The predicted octanol–water partition coefficient (Wildman–Crippen LogP) is 3.31. The van der Waals surface area contributed by atoms with Crippen LogP contribution in [0.4, 0.5) is 0 Å². The topological polar surface area (TPSA) is 32.8 Å². The van der Waals surface area contributed by atoms with Crippen molar-refractivity contribution in [3.05, 3.63) is 29.8 Å². The first-order chi connectivity index (χ1) is 11.9. The lowest BCUT2D eigenvalue weighted by Crippen LogP contribution is -2.38. The third-order valence-corrected chi connectivity index (χ3v) is 5.24. The van der Waals surface area contributed by atoms with Crippen LogP contribution in [0.15, 0.2) is 24.3 Å². The number of rotatable bonds is 5. The first-order valence-corrected chi connectivity index (χ1v) is 9.65. The molecule has 1 heterocycles. The largest absolute Gasteiger partial charge is 0.484 e. The summed E-state index contributed by atoms with van der Waals surface area (Å²) in [6, 6.07) is 8.10. The summed E-state index contributed by atoms with van der Waals surface area (Å²) in [5, 5.41) is 0. The lowest BCUT2D eigenvalue weighted by atomic mass is 9.87. The van der Waals surface area contributed by atoms with E-state index in [1.165, 1.54) is 24.9 Å². The first kappa shape index (κ1) is 18.2. The average molecular weight is 344 g/mol. The molecular formula is C21H32N2O2. The Balaban J connectivity index is 1.45. The molecule has 2 fully saturated rings. The fourth-order valence-electron chi connectivity index (χ4n) is 3.36. The normalized spacial score (nSPS) is 19.6. The molecule has 0 unspecified atom stereocenters. The molecule has 0 atom stereocenters. The summed E-state index contributed by atoms with van der Waals surface area (Å²) in [5.41, 5.74) is 1.40. The zero-order valence-corrected chi connectivity index (χ0v) is 16.0. The van der Waals surface area contributed by atoms with Gasteiger partial charge in [0.1, 0.15) is 5.75 Å². The molecule has 1 saturated carbocycles. The summed E-state index contributed by atoms with van der Waals surface area (Å²) in [4.78, 5) is 17.0. The molecule has 0 aromatic heterocycles. The highest BCUT2D eigenvalue weighted by Crippen LogP contribution is 2.30. The van der Waals surface area contributed by atoms with Crippen LogP contribution in [0.1, 0.15) is 45.6 Å². The van der Waals surface area contributed by atoms with E-state index in [9.17, 15) is 4.79 Å². The molecule has 25 heavy (non-hydrogen) atoms. The van der Waals surface area contributed by atoms with Crippen molar-refractivity contribution in [3.63, 3.8) is 0 Å². The van der Waals surface area contributed by atoms with Crippen molar-refractivity contribution >= 4 is 5.91 Å². The van der Waals surface area contributed by atoms with Gasteiger partial charge in [0.2, 0.25) is 0 Å². The summed E-state index contributed by atoms with van der Waals surface area (Å²) < 4.78 is 5.73. The molecule has 1 saturated heterocycles. The van der Waals surface area contributed by atoms with Gasteiger partial charge in [0.15, 0.2) is 6.61 Å². The highest BCUT2D eigenvalue weighted by Gasteiger charge is 2.26. The SMILES string of the molecule is CC(C)(C)c1ccc(OCC(=O)N2CCCN(CC3CC3)CC2)cc1. The van der Waals surface area contributed by atoms with Gasteiger partial charge in [0, 0.05) is 26.2 Å². The Hall–Kier alpha value is -1.55. The Kier molecular flexibility index (Phi) is 5.67. The third kappa shape index (κ3) is 5.46. The molecule has 138 valence electrons. The van der Waals surface area contributed by atoms with Crippen molar-refractivity contribution in [2.24, 2.45) is 5.92 Å². The van der Waals surface area contributed by atoms with Gasteiger partial charge in [-0.3, -0.25) is 4.79 Å². The number of ether oxygens (including phenoxy) is 1. The van der Waals surface area contributed by atoms with Crippen LogP contribution in [-0.2, 0) is 10.2 Å². The molecule has 0 N–H and O–H groups in total. The number of hydrogen-bond acceptors (Lipinski definition) is 3. The van der Waals surface area contributed by atoms with E-state index in [1.807, 2.05) is 17.0 Å². The molecule has 0 spiro atoms. The third-order valence-electron chi connectivity index (χ3n) is 5.24. The summed E-state index contributed by atoms with van der Waals surface area (Å²) in [6.07, 6.45) is 3.85. The van der Waals surface area contributed by atoms with E-state index in [0.29, 0.717) is 0 Å². The maximum absolute atomic E-state index is 12.5. The molecule has 1 amide bonds. The van der Waals surface area contributed by atoms with Crippen LogP contribution >= 0.6 is 0 Å². The number of hydrogen-bond donors (Lipinski definition) is 0. The molecule has 0 bridgehead atoms. The molecule has 0 radical (unpaired) electrons. The van der Waals surface area contributed by atoms with Gasteiger partial charge < -0.3 is 14.5 Å². The van der Waals surface area contributed by atoms with Gasteiger partial charge in [0.25, 0.3) is 5.91 Å². The van der Waals surface area contributed by atoms with E-state index in [-0.39, 0.29) is 17.9 Å². The maximum Gasteiger partial charge on any atom is 0.260 e. The highest BCUT2D eigenvalue weighted by molar-refractivity contribution is 5.77. The van der Waals surface area contributed by atoms with Crippen LogP contribution < -0.4 is 4.74 Å². The number of benzene rings is 1. The Morgan fingerprint density at radius 2 is 1.80 bits per heavy atom. The minimum atomic E-state index is 0.105. The second-order valence-electron chi connectivity index (χ2n) is 8.54. The minimum Gasteiger partial charge on any atom is -0.484 e. The van der Waals surface area contributed by atoms with Crippen LogP contribution in [0.3, 0.4) is 0 Å². The van der Waals surface area contributed by atoms with Crippen molar-refractivity contribution in [2.45, 2.75) is 45.4 Å². The van der Waals surface area contributed by atoms with E-state index in [4.69, 9.17) is 4.74 Å². The second-order valence-corrected chi connectivity index (χ2v) is 8.54. The van der Waals surface area contributed by atoms with Gasteiger partial charge in [-0.2, -0.15) is 0 Å². The fraction of sp³-hybridized carbons (Fsp3) is 0.667. The lowest BCUT2D eigenvalue weighted by molar-refractivity contribution is -0.133. The maximum atomic E-state index is 12.5. The Morgan fingerprint density at radius 1 is 1.08 bits per heavy atom. The van der Waals surface area contributed by atoms with Crippen molar-refractivity contribution in [2.75, 3.05) is 39.3 Å². The van der Waals surface area contributed by atoms with Crippen molar-refractivity contribution in [1.29, 1.82) is 0 Å². The monoisotopic (exact) mass is 344 g/mol. The van der Waals surface area contributed by atoms with E-state index in [0.717, 1.165) is 44.3 Å². The Bertz CT molecular complexity index is 573. The van der Waals surface area contributed by atoms with E-state index < -0.39 is 0 Å². The molecule has 1 aliphatic heterocycles. The molecule has 1 aromatic carbocycles. The molecule has 4 nitrogen and oxygen atoms in total. The minimum absolute atomic E-state index is 0.105. The van der Waals surface area contributed by atoms with Crippen LogP contribution in [0, 0.1) is 5.92 Å². The number of nitrogens with zero attached hydrogens (tertiary/aromatic N) is 2. The van der Waals surface area contributed by atoms with Crippen LogP contribution in [0.25, 0.3) is 0 Å². The zero-order chi connectivity index (χ0) is 17.9. The first-order valence-electron chi connectivity index (χ1n) is 9.65. The lowest BCUT2D eigenvalue weighted by Gasteiger charge is -2.22. The molecule has 1 aliphatic carbocycles. The Labute approximate surface area is 152 Å². The summed E-state index contributed by atoms with van der Waals surface area (Å²) >= 11 is 0. The quantitative estimate of drug-likeness (QED) is 0.821. The summed E-state index contributed by atoms with van der Waals surface area (Å²) in [7, 11) is 0. The second kappa shape index (κ2) is 7.77. The van der Waals surface area contributed by atoms with Crippen molar-refractivity contribution in [3.8, 4) is 5.75 Å². The van der Waals surface area contributed by atoms with Crippen LogP contribution in [0.2, 0.25) is 0 Å². The van der Waals surface area contributed by atoms with Crippen LogP contribution in [0.5, 0.6) is 5.75 Å². The van der Waals surface area contributed by atoms with E-state index in [2.05, 4.69) is 37.8 Å². The standard InChI is InChI=1S/C21H32N2O2/c1-21(2,3)18-7-9-19(10-8-18)25-16-20(24)23-12-4-11-22(13-14-23)15-17-5-6-17/h7-10,17H,4-6,11-16H2,1-3H3. The number of carbonyl (C=O) groups excluding carboxylic acids is 1. The molecule has 4 heteroatoms. The van der Waals surface area contributed by atoms with Crippen molar-refractivity contribution in [1.82, 2.24) is 9.80 Å². The predicted molar refractivity (Wildman–Crippen MR) is 101 cm³/mol. The van der Waals surface area contributed by atoms with Gasteiger partial charge in [0.05, 0.1) is 0 Å². The molecule has 1 aromatic rings. The fourth-order valence-corrected chi connectivity index (χ4v) is 3.36.